The van der Waals surface area contributed by atoms with Gasteiger partial charge in [-0.1, -0.05) is 30.3 Å². The Hall–Kier alpha value is -3.54. The fourth-order valence-electron chi connectivity index (χ4n) is 3.09. The molecule has 0 unspecified atom stereocenters. The zero-order valence-corrected chi connectivity index (χ0v) is 16.8. The van der Waals surface area contributed by atoms with Crippen molar-refractivity contribution >= 4 is 28.4 Å². The van der Waals surface area contributed by atoms with Crippen molar-refractivity contribution in [2.24, 2.45) is 0 Å². The second kappa shape index (κ2) is 9.10. The number of hydrogen-bond acceptors (Lipinski definition) is 3. The molecule has 3 rings (SSSR count). The van der Waals surface area contributed by atoms with Crippen LogP contribution in [0.4, 0.5) is 10.5 Å². The van der Waals surface area contributed by atoms with E-state index >= 15 is 0 Å². The molecule has 3 aromatic carbocycles. The molecule has 3 amide bonds. The maximum absolute atomic E-state index is 12.6. The van der Waals surface area contributed by atoms with Gasteiger partial charge >= 0.3 is 6.03 Å². The van der Waals surface area contributed by atoms with E-state index in [2.05, 4.69) is 16.0 Å². The molecule has 6 nitrogen and oxygen atoms in total. The second-order valence-electron chi connectivity index (χ2n) is 6.98. The number of nitrogens with one attached hydrogen (secondary N) is 3. The van der Waals surface area contributed by atoms with Crippen LogP contribution >= 0.6 is 0 Å². The van der Waals surface area contributed by atoms with Crippen LogP contribution in [0.2, 0.25) is 0 Å². The maximum Gasteiger partial charge on any atom is 0.319 e. The quantitative estimate of drug-likeness (QED) is 0.586. The van der Waals surface area contributed by atoms with Crippen LogP contribution in [0.3, 0.4) is 0 Å². The predicted molar refractivity (Wildman–Crippen MR) is 115 cm³/mol. The van der Waals surface area contributed by atoms with Gasteiger partial charge in [0, 0.05) is 29.4 Å². The summed E-state index contributed by atoms with van der Waals surface area (Å²) in [5, 5.41) is 10.6. The van der Waals surface area contributed by atoms with Crippen LogP contribution in [-0.4, -0.2) is 25.1 Å². The van der Waals surface area contributed by atoms with E-state index in [1.165, 1.54) is 0 Å². The van der Waals surface area contributed by atoms with Gasteiger partial charge in [0.15, 0.2) is 0 Å². The van der Waals surface area contributed by atoms with Gasteiger partial charge in [0.05, 0.1) is 7.11 Å². The molecule has 0 bridgehead atoms. The monoisotopic (exact) mass is 391 g/mol. The third kappa shape index (κ3) is 5.04. The summed E-state index contributed by atoms with van der Waals surface area (Å²) in [5.74, 6) is 0.540. The lowest BCUT2D eigenvalue weighted by Gasteiger charge is -2.13. The molecule has 6 heteroatoms. The topological polar surface area (TPSA) is 79.5 Å². The number of carbonyl (C=O) groups is 2. The highest BCUT2D eigenvalue weighted by Gasteiger charge is 2.11. The molecule has 0 spiro atoms. The van der Waals surface area contributed by atoms with E-state index in [1.54, 1.807) is 31.4 Å². The lowest BCUT2D eigenvalue weighted by molar-refractivity contribution is 0.0951. The van der Waals surface area contributed by atoms with Crippen LogP contribution in [0.25, 0.3) is 10.8 Å². The maximum atomic E-state index is 12.6. The Morgan fingerprint density at radius 3 is 2.38 bits per heavy atom. The molecule has 0 heterocycles. The highest BCUT2D eigenvalue weighted by Crippen LogP contribution is 2.27. The summed E-state index contributed by atoms with van der Waals surface area (Å²) in [6.45, 7) is 4.12. The van der Waals surface area contributed by atoms with E-state index in [4.69, 9.17) is 4.74 Å². The number of carbonyl (C=O) groups excluding carboxylic acids is 2. The van der Waals surface area contributed by atoms with Crippen molar-refractivity contribution in [3.05, 3.63) is 71.8 Å². The highest BCUT2D eigenvalue weighted by atomic mass is 16.5. The molecular weight excluding hydrogens is 366 g/mol. The van der Waals surface area contributed by atoms with Crippen molar-refractivity contribution in [1.29, 1.82) is 0 Å². The third-order valence-corrected chi connectivity index (χ3v) is 4.47. The van der Waals surface area contributed by atoms with Crippen LogP contribution in [0.5, 0.6) is 5.75 Å². The Morgan fingerprint density at radius 2 is 1.69 bits per heavy atom. The van der Waals surface area contributed by atoms with Crippen LogP contribution in [-0.2, 0) is 6.54 Å². The number of ether oxygens (including phenoxy) is 1. The number of benzene rings is 3. The Labute approximate surface area is 170 Å². The van der Waals surface area contributed by atoms with Crippen molar-refractivity contribution in [2.75, 3.05) is 12.4 Å². The second-order valence-corrected chi connectivity index (χ2v) is 6.98. The smallest absolute Gasteiger partial charge is 0.319 e. The Balaban J connectivity index is 1.68. The van der Waals surface area contributed by atoms with E-state index < -0.39 is 0 Å². The van der Waals surface area contributed by atoms with Crippen molar-refractivity contribution in [3.8, 4) is 5.75 Å². The molecule has 0 aliphatic rings. The SMILES string of the molecule is COc1ccc2ccccc2c1CNC(=O)c1ccc(NC(=O)NC(C)C)cc1. The molecule has 0 aliphatic heterocycles. The van der Waals surface area contributed by atoms with Gasteiger partial charge in [-0.2, -0.15) is 0 Å². The molecule has 3 N–H and O–H groups in total. The first-order valence-corrected chi connectivity index (χ1v) is 9.48. The predicted octanol–water partition coefficient (Wildman–Crippen LogP) is 4.31. The van der Waals surface area contributed by atoms with E-state index in [0.29, 0.717) is 17.8 Å². The van der Waals surface area contributed by atoms with E-state index in [1.807, 2.05) is 50.2 Å². The first kappa shape index (κ1) is 20.2. The summed E-state index contributed by atoms with van der Waals surface area (Å²) in [7, 11) is 1.62. The van der Waals surface area contributed by atoms with Gasteiger partial charge in [0.1, 0.15) is 5.75 Å². The summed E-state index contributed by atoms with van der Waals surface area (Å²) < 4.78 is 5.47. The van der Waals surface area contributed by atoms with E-state index in [0.717, 1.165) is 22.1 Å². The molecule has 3 aromatic rings. The fourth-order valence-corrected chi connectivity index (χ4v) is 3.09. The van der Waals surface area contributed by atoms with Gasteiger partial charge in [-0.05, 0) is 55.0 Å². The molecule has 0 radical (unpaired) electrons. The standard InChI is InChI=1S/C23H25N3O3/c1-15(2)25-23(28)26-18-11-8-17(9-12-18)22(27)24-14-20-19-7-5-4-6-16(19)10-13-21(20)29-3/h4-13,15H,14H2,1-3H3,(H,24,27)(H2,25,26,28). The number of amides is 3. The minimum Gasteiger partial charge on any atom is -0.496 e. The van der Waals surface area contributed by atoms with Crippen molar-refractivity contribution < 1.29 is 14.3 Å². The van der Waals surface area contributed by atoms with Crippen LogP contribution in [0.1, 0.15) is 29.8 Å². The summed E-state index contributed by atoms with van der Waals surface area (Å²) >= 11 is 0. The van der Waals surface area contributed by atoms with Crippen LogP contribution in [0, 0.1) is 0 Å². The molecule has 0 saturated heterocycles. The molecule has 0 atom stereocenters. The molecule has 29 heavy (non-hydrogen) atoms. The molecule has 0 aliphatic carbocycles. The van der Waals surface area contributed by atoms with Gasteiger partial charge in [-0.3, -0.25) is 4.79 Å². The average molecular weight is 391 g/mol. The van der Waals surface area contributed by atoms with E-state index in [9.17, 15) is 9.59 Å². The van der Waals surface area contributed by atoms with E-state index in [-0.39, 0.29) is 18.0 Å². The van der Waals surface area contributed by atoms with Crippen LogP contribution < -0.4 is 20.7 Å². The molecule has 0 saturated carbocycles. The zero-order valence-electron chi connectivity index (χ0n) is 16.8. The normalized spacial score (nSPS) is 10.6. The summed E-state index contributed by atoms with van der Waals surface area (Å²) in [6.07, 6.45) is 0. The lowest BCUT2D eigenvalue weighted by Crippen LogP contribution is -2.34. The average Bonchev–Trinajstić information content (AvgIpc) is 2.71. The van der Waals surface area contributed by atoms with Gasteiger partial charge < -0.3 is 20.7 Å². The summed E-state index contributed by atoms with van der Waals surface area (Å²) in [4.78, 5) is 24.3. The third-order valence-electron chi connectivity index (χ3n) is 4.47. The van der Waals surface area contributed by atoms with Gasteiger partial charge in [0.25, 0.3) is 5.91 Å². The minimum atomic E-state index is -0.278. The van der Waals surface area contributed by atoms with Crippen molar-refractivity contribution in [1.82, 2.24) is 10.6 Å². The number of anilines is 1. The molecule has 0 fully saturated rings. The largest absolute Gasteiger partial charge is 0.496 e. The minimum absolute atomic E-state index is 0.0473. The zero-order chi connectivity index (χ0) is 20.8. The summed E-state index contributed by atoms with van der Waals surface area (Å²) in [5.41, 5.74) is 2.07. The number of urea groups is 1. The summed E-state index contributed by atoms with van der Waals surface area (Å²) in [6, 6.07) is 18.4. The first-order valence-electron chi connectivity index (χ1n) is 9.48. The highest BCUT2D eigenvalue weighted by molar-refractivity contribution is 5.96. The molecule has 150 valence electrons. The lowest BCUT2D eigenvalue weighted by atomic mass is 10.0. The Bertz CT molecular complexity index is 1010. The number of hydrogen-bond donors (Lipinski definition) is 3. The molecule has 0 aromatic heterocycles. The van der Waals surface area contributed by atoms with Gasteiger partial charge in [-0.15, -0.1) is 0 Å². The number of methoxy groups -OCH3 is 1. The van der Waals surface area contributed by atoms with Gasteiger partial charge in [0.2, 0.25) is 0 Å². The Kier molecular flexibility index (Phi) is 6.34. The van der Waals surface area contributed by atoms with Crippen LogP contribution in [0.15, 0.2) is 60.7 Å². The fraction of sp³-hybridized carbons (Fsp3) is 0.217. The molecular formula is C23H25N3O3. The number of fused-ring (bicyclic) bond motifs is 1. The van der Waals surface area contributed by atoms with Crippen molar-refractivity contribution in [2.45, 2.75) is 26.4 Å². The van der Waals surface area contributed by atoms with Gasteiger partial charge in [-0.25, -0.2) is 4.79 Å². The number of rotatable bonds is 6. The van der Waals surface area contributed by atoms with Crippen molar-refractivity contribution in [3.63, 3.8) is 0 Å². The first-order chi connectivity index (χ1) is 14.0. The Morgan fingerprint density at radius 1 is 0.966 bits per heavy atom.